The summed E-state index contributed by atoms with van der Waals surface area (Å²) >= 11 is 1.38. The second kappa shape index (κ2) is 10.3. The number of benzene rings is 2. The van der Waals surface area contributed by atoms with Gasteiger partial charge in [-0.15, -0.1) is 11.3 Å². The molecular formula is C26H24F3N5O2S. The first-order chi connectivity index (χ1) is 17.8. The number of aliphatic imine (C=N–C) groups is 1. The second-order valence-electron chi connectivity index (χ2n) is 8.87. The predicted molar refractivity (Wildman–Crippen MR) is 135 cm³/mol. The van der Waals surface area contributed by atoms with Gasteiger partial charge in [0.1, 0.15) is 11.5 Å². The Kier molecular flexibility index (Phi) is 6.96. The molecule has 5 rings (SSSR count). The van der Waals surface area contributed by atoms with Crippen molar-refractivity contribution in [2.24, 2.45) is 4.99 Å². The van der Waals surface area contributed by atoms with Gasteiger partial charge in [-0.2, -0.15) is 13.2 Å². The molecule has 3 aromatic rings. The molecule has 7 nitrogen and oxygen atoms in total. The Morgan fingerprint density at radius 2 is 1.86 bits per heavy atom. The molecule has 3 heterocycles. The van der Waals surface area contributed by atoms with Crippen molar-refractivity contribution in [3.05, 3.63) is 81.3 Å². The lowest BCUT2D eigenvalue weighted by Gasteiger charge is -2.31. The number of anilines is 1. The number of rotatable bonds is 5. The van der Waals surface area contributed by atoms with E-state index in [-0.39, 0.29) is 17.4 Å². The molecule has 0 spiro atoms. The number of carbonyl (C=O) groups is 2. The lowest BCUT2D eigenvalue weighted by atomic mass is 9.96. The fourth-order valence-corrected chi connectivity index (χ4v) is 5.50. The third-order valence-corrected chi connectivity index (χ3v) is 7.42. The lowest BCUT2D eigenvalue weighted by molar-refractivity contribution is -0.138. The van der Waals surface area contributed by atoms with Crippen LogP contribution in [0, 0.1) is 0 Å². The van der Waals surface area contributed by atoms with E-state index >= 15 is 0 Å². The summed E-state index contributed by atoms with van der Waals surface area (Å²) in [5.74, 6) is -0.106. The number of piperidine rings is 1. The van der Waals surface area contributed by atoms with Crippen LogP contribution >= 0.6 is 11.3 Å². The van der Waals surface area contributed by atoms with Crippen molar-refractivity contribution in [1.29, 1.82) is 0 Å². The van der Waals surface area contributed by atoms with Crippen molar-refractivity contribution in [3.63, 3.8) is 0 Å². The minimum Gasteiger partial charge on any atom is -0.368 e. The van der Waals surface area contributed by atoms with Gasteiger partial charge in [0, 0.05) is 42.2 Å². The Balaban J connectivity index is 1.20. The molecule has 11 heteroatoms. The van der Waals surface area contributed by atoms with Crippen LogP contribution in [-0.4, -0.2) is 53.7 Å². The summed E-state index contributed by atoms with van der Waals surface area (Å²) in [6, 6.07) is 12.3. The van der Waals surface area contributed by atoms with E-state index in [4.69, 9.17) is 0 Å². The molecule has 1 aromatic heterocycles. The fraction of sp³-hybridized carbons (Fsp3) is 0.308. The van der Waals surface area contributed by atoms with Crippen LogP contribution in [0.1, 0.15) is 55.7 Å². The number of amides is 2. The Labute approximate surface area is 215 Å². The van der Waals surface area contributed by atoms with E-state index in [1.807, 2.05) is 18.2 Å². The van der Waals surface area contributed by atoms with Gasteiger partial charge in [0.25, 0.3) is 11.8 Å². The summed E-state index contributed by atoms with van der Waals surface area (Å²) in [4.78, 5) is 36.0. The number of nitrogens with zero attached hydrogens (tertiary/aromatic N) is 3. The number of hydrogen-bond acceptors (Lipinski definition) is 6. The molecule has 2 aromatic carbocycles. The molecule has 37 heavy (non-hydrogen) atoms. The van der Waals surface area contributed by atoms with Crippen molar-refractivity contribution in [3.8, 4) is 0 Å². The summed E-state index contributed by atoms with van der Waals surface area (Å²) in [6.45, 7) is 2.16. The number of aromatic nitrogens is 1. The van der Waals surface area contributed by atoms with E-state index in [1.165, 1.54) is 34.4 Å². The Morgan fingerprint density at radius 3 is 2.59 bits per heavy atom. The van der Waals surface area contributed by atoms with E-state index < -0.39 is 17.6 Å². The fourth-order valence-electron chi connectivity index (χ4n) is 4.53. The van der Waals surface area contributed by atoms with Crippen molar-refractivity contribution in [2.75, 3.05) is 31.5 Å². The molecule has 0 radical (unpaired) electrons. The van der Waals surface area contributed by atoms with Gasteiger partial charge in [0.05, 0.1) is 22.7 Å². The number of alkyl halides is 3. The van der Waals surface area contributed by atoms with Crippen LogP contribution in [0.2, 0.25) is 0 Å². The number of carbonyl (C=O) groups excluding carboxylic acids is 2. The zero-order chi connectivity index (χ0) is 26.0. The van der Waals surface area contributed by atoms with Crippen LogP contribution in [0.3, 0.4) is 0 Å². The highest BCUT2D eigenvalue weighted by atomic mass is 32.1. The normalized spacial score (nSPS) is 16.3. The number of hydrogen-bond donors (Lipinski definition) is 2. The molecule has 0 saturated carbocycles. The number of likely N-dealkylation sites (tertiary alicyclic amines) is 1. The van der Waals surface area contributed by atoms with Gasteiger partial charge in [-0.25, -0.2) is 4.98 Å². The van der Waals surface area contributed by atoms with Crippen molar-refractivity contribution in [2.45, 2.75) is 24.9 Å². The first kappa shape index (κ1) is 24.9. The highest BCUT2D eigenvalue weighted by molar-refractivity contribution is 7.10. The average molecular weight is 528 g/mol. The first-order valence-electron chi connectivity index (χ1n) is 11.9. The Hall–Kier alpha value is -3.73. The molecule has 0 aliphatic carbocycles. The summed E-state index contributed by atoms with van der Waals surface area (Å²) in [7, 11) is 0. The van der Waals surface area contributed by atoms with E-state index in [9.17, 15) is 22.8 Å². The maximum absolute atomic E-state index is 13.3. The highest BCUT2D eigenvalue weighted by Crippen LogP contribution is 2.34. The largest absolute Gasteiger partial charge is 0.417 e. The molecule has 2 amide bonds. The van der Waals surface area contributed by atoms with Gasteiger partial charge in [-0.1, -0.05) is 24.3 Å². The summed E-state index contributed by atoms with van der Waals surface area (Å²) in [5.41, 5.74) is 0.587. The third-order valence-electron chi connectivity index (χ3n) is 6.42. The van der Waals surface area contributed by atoms with Crippen molar-refractivity contribution >= 4 is 34.7 Å². The van der Waals surface area contributed by atoms with Crippen molar-refractivity contribution < 1.29 is 22.8 Å². The predicted octanol–water partition coefficient (Wildman–Crippen LogP) is 4.78. The molecule has 1 fully saturated rings. The van der Waals surface area contributed by atoms with Gasteiger partial charge < -0.3 is 15.5 Å². The van der Waals surface area contributed by atoms with E-state index in [2.05, 4.69) is 20.6 Å². The molecular weight excluding hydrogens is 503 g/mol. The van der Waals surface area contributed by atoms with Gasteiger partial charge in [-0.3, -0.25) is 14.6 Å². The molecule has 192 valence electrons. The molecule has 2 aliphatic heterocycles. The average Bonchev–Trinajstić information content (AvgIpc) is 3.61. The molecule has 1 saturated heterocycles. The zero-order valence-corrected chi connectivity index (χ0v) is 20.5. The maximum atomic E-state index is 13.3. The summed E-state index contributed by atoms with van der Waals surface area (Å²) in [5, 5.41) is 8.57. The van der Waals surface area contributed by atoms with Gasteiger partial charge >= 0.3 is 6.18 Å². The highest BCUT2D eigenvalue weighted by Gasteiger charge is 2.36. The van der Waals surface area contributed by atoms with Crippen LogP contribution in [0.15, 0.2) is 58.9 Å². The van der Waals surface area contributed by atoms with Gasteiger partial charge in [-0.05, 0) is 37.1 Å². The molecule has 0 unspecified atom stereocenters. The number of amidine groups is 1. The van der Waals surface area contributed by atoms with Crippen LogP contribution < -0.4 is 10.6 Å². The topological polar surface area (TPSA) is 86.7 Å². The zero-order valence-electron chi connectivity index (χ0n) is 19.7. The standard InChI is InChI=1S/C26H24F3N5O2S/c27-26(28,29)20-7-2-1-6-19(20)25(36)34-12-8-16(9-13-34)24-33-21(15-37-24)23(35)32-18-5-3-4-17(14-18)22-30-10-11-31-22/h1-7,14-16H,8-13H2,(H,30,31)(H,32,35). The summed E-state index contributed by atoms with van der Waals surface area (Å²) < 4.78 is 40.0. The van der Waals surface area contributed by atoms with Crippen LogP contribution in [-0.2, 0) is 6.18 Å². The number of halogens is 3. The Bertz CT molecular complexity index is 1350. The maximum Gasteiger partial charge on any atom is 0.417 e. The second-order valence-corrected chi connectivity index (χ2v) is 9.76. The molecule has 2 aliphatic rings. The lowest BCUT2D eigenvalue weighted by Crippen LogP contribution is -2.38. The van der Waals surface area contributed by atoms with E-state index in [0.29, 0.717) is 37.3 Å². The quantitative estimate of drug-likeness (QED) is 0.500. The monoisotopic (exact) mass is 527 g/mol. The van der Waals surface area contributed by atoms with Crippen LogP contribution in [0.4, 0.5) is 18.9 Å². The molecule has 0 atom stereocenters. The minimum absolute atomic E-state index is 0.0308. The van der Waals surface area contributed by atoms with Crippen LogP contribution in [0.25, 0.3) is 0 Å². The SMILES string of the molecule is O=C(Nc1cccc(C2=NCCN2)c1)c1csc(C2CCN(C(=O)c3ccccc3C(F)(F)F)CC2)n1. The smallest absolute Gasteiger partial charge is 0.368 e. The van der Waals surface area contributed by atoms with E-state index in [0.717, 1.165) is 35.6 Å². The van der Waals surface area contributed by atoms with Gasteiger partial charge in [0.15, 0.2) is 0 Å². The number of nitrogens with one attached hydrogen (secondary N) is 2. The Morgan fingerprint density at radius 1 is 1.08 bits per heavy atom. The first-order valence-corrected chi connectivity index (χ1v) is 12.8. The molecule has 0 bridgehead atoms. The minimum atomic E-state index is -4.59. The van der Waals surface area contributed by atoms with Crippen molar-refractivity contribution in [1.82, 2.24) is 15.2 Å². The number of thiazole rings is 1. The summed E-state index contributed by atoms with van der Waals surface area (Å²) in [6.07, 6.45) is -3.47. The van der Waals surface area contributed by atoms with Gasteiger partial charge in [0.2, 0.25) is 0 Å². The van der Waals surface area contributed by atoms with Crippen LogP contribution in [0.5, 0.6) is 0 Å². The molecule has 2 N–H and O–H groups in total. The third kappa shape index (κ3) is 5.51. The van der Waals surface area contributed by atoms with E-state index in [1.54, 1.807) is 11.4 Å².